The second-order valence-electron chi connectivity index (χ2n) is 6.16. The third-order valence-corrected chi connectivity index (χ3v) is 4.61. The molecule has 0 radical (unpaired) electrons. The first-order valence-electron chi connectivity index (χ1n) is 8.80. The zero-order valence-electron chi connectivity index (χ0n) is 15.1. The zero-order chi connectivity index (χ0) is 19.5. The molecule has 0 spiro atoms. The summed E-state index contributed by atoms with van der Waals surface area (Å²) < 4.78 is 6.89. The number of halogens is 1. The summed E-state index contributed by atoms with van der Waals surface area (Å²) in [5.41, 5.74) is 2.99. The Balaban J connectivity index is 1.56. The predicted molar refractivity (Wildman–Crippen MR) is 112 cm³/mol. The summed E-state index contributed by atoms with van der Waals surface area (Å²) in [6.07, 6.45) is 1.98. The number of rotatable bonds is 6. The maximum absolute atomic E-state index is 11.8. The molecule has 0 fully saturated rings. The monoisotopic (exact) mass is 436 g/mol. The van der Waals surface area contributed by atoms with Crippen molar-refractivity contribution in [1.82, 2.24) is 15.0 Å². The van der Waals surface area contributed by atoms with Crippen LogP contribution < -0.4 is 10.1 Å². The molecule has 140 valence electrons. The number of aromatic nitrogens is 3. The Bertz CT molecular complexity index is 1160. The van der Waals surface area contributed by atoms with Crippen molar-refractivity contribution in [3.05, 3.63) is 71.0 Å². The quantitative estimate of drug-likeness (QED) is 0.370. The van der Waals surface area contributed by atoms with Crippen molar-refractivity contribution in [3.63, 3.8) is 0 Å². The predicted octanol–water partition coefficient (Wildman–Crippen LogP) is 5.85. The van der Waals surface area contributed by atoms with Crippen LogP contribution >= 0.6 is 15.9 Å². The van der Waals surface area contributed by atoms with Crippen LogP contribution in [0.5, 0.6) is 11.5 Å². The van der Waals surface area contributed by atoms with Crippen molar-refractivity contribution >= 4 is 44.4 Å². The number of nitrogens with zero attached hydrogens (tertiary/aromatic N) is 2. The molecule has 0 aliphatic rings. The number of pyridine rings is 1. The third kappa shape index (κ3) is 4.04. The number of aromatic amines is 1. The maximum atomic E-state index is 11.8. The van der Waals surface area contributed by atoms with E-state index in [-0.39, 0.29) is 5.78 Å². The van der Waals surface area contributed by atoms with Gasteiger partial charge < -0.3 is 15.0 Å². The molecule has 0 aliphatic carbocycles. The van der Waals surface area contributed by atoms with Gasteiger partial charge in [-0.05, 0) is 36.4 Å². The highest BCUT2D eigenvalue weighted by Crippen LogP contribution is 2.27. The molecule has 0 saturated carbocycles. The van der Waals surface area contributed by atoms with E-state index in [1.165, 1.54) is 0 Å². The summed E-state index contributed by atoms with van der Waals surface area (Å²) in [6.45, 7) is 1.81. The standard InChI is InChI=1S/C21H17BrN4O2/c1-2-20(27)19-12-16(8-9-23-19)28-15-6-7-17-18(11-15)26-21(25-17)24-14-5-3-4-13(22)10-14/h3-12H,2H2,1H3,(H2,24,25,26). The van der Waals surface area contributed by atoms with Crippen LogP contribution in [0.2, 0.25) is 0 Å². The number of Topliss-reactive ketones (excluding diaryl/α,β-unsaturated/α-hetero) is 1. The van der Waals surface area contributed by atoms with Gasteiger partial charge in [0.25, 0.3) is 0 Å². The number of ether oxygens (including phenoxy) is 1. The first kappa shape index (κ1) is 18.2. The number of benzene rings is 2. The van der Waals surface area contributed by atoms with Gasteiger partial charge in [0.2, 0.25) is 5.95 Å². The van der Waals surface area contributed by atoms with Crippen molar-refractivity contribution in [2.45, 2.75) is 13.3 Å². The fourth-order valence-corrected chi connectivity index (χ4v) is 3.16. The molecule has 0 aliphatic heterocycles. The topological polar surface area (TPSA) is 79.9 Å². The zero-order valence-corrected chi connectivity index (χ0v) is 16.7. The van der Waals surface area contributed by atoms with Gasteiger partial charge in [-0.15, -0.1) is 0 Å². The van der Waals surface area contributed by atoms with Crippen molar-refractivity contribution in [3.8, 4) is 11.5 Å². The Labute approximate surface area is 170 Å². The largest absolute Gasteiger partial charge is 0.457 e. The van der Waals surface area contributed by atoms with Gasteiger partial charge in [0.1, 0.15) is 17.2 Å². The maximum Gasteiger partial charge on any atom is 0.205 e. The number of imidazole rings is 1. The molecule has 6 nitrogen and oxygen atoms in total. The molecular formula is C21H17BrN4O2. The molecule has 7 heteroatoms. The lowest BCUT2D eigenvalue weighted by Gasteiger charge is -2.06. The highest BCUT2D eigenvalue weighted by molar-refractivity contribution is 9.10. The van der Waals surface area contributed by atoms with Crippen LogP contribution in [0.3, 0.4) is 0 Å². The summed E-state index contributed by atoms with van der Waals surface area (Å²) in [5.74, 6) is 1.84. The van der Waals surface area contributed by atoms with Crippen LogP contribution in [0.25, 0.3) is 11.0 Å². The Morgan fingerprint density at radius 2 is 2.00 bits per heavy atom. The van der Waals surface area contributed by atoms with Gasteiger partial charge in [-0.1, -0.05) is 28.9 Å². The molecule has 2 aromatic carbocycles. The minimum atomic E-state index is -0.0160. The molecule has 2 aromatic heterocycles. The Hall–Kier alpha value is -3.19. The number of H-pyrrole nitrogens is 1. The molecule has 28 heavy (non-hydrogen) atoms. The lowest BCUT2D eigenvalue weighted by atomic mass is 10.2. The van der Waals surface area contributed by atoms with Gasteiger partial charge in [0.15, 0.2) is 5.78 Å². The number of nitrogens with one attached hydrogen (secondary N) is 2. The van der Waals surface area contributed by atoms with E-state index in [9.17, 15) is 4.79 Å². The number of carbonyl (C=O) groups excluding carboxylic acids is 1. The van der Waals surface area contributed by atoms with Gasteiger partial charge in [-0.25, -0.2) is 4.98 Å². The average molecular weight is 437 g/mol. The lowest BCUT2D eigenvalue weighted by molar-refractivity contribution is 0.0983. The van der Waals surface area contributed by atoms with Gasteiger partial charge >= 0.3 is 0 Å². The van der Waals surface area contributed by atoms with E-state index >= 15 is 0 Å². The Kier molecular flexibility index (Phi) is 5.08. The van der Waals surface area contributed by atoms with Gasteiger partial charge in [0.05, 0.1) is 11.0 Å². The minimum Gasteiger partial charge on any atom is -0.457 e. The van der Waals surface area contributed by atoms with E-state index < -0.39 is 0 Å². The van der Waals surface area contributed by atoms with Crippen LogP contribution in [-0.4, -0.2) is 20.7 Å². The Morgan fingerprint density at radius 3 is 2.82 bits per heavy atom. The highest BCUT2D eigenvalue weighted by atomic mass is 79.9. The molecule has 0 bridgehead atoms. The molecular weight excluding hydrogens is 420 g/mol. The fourth-order valence-electron chi connectivity index (χ4n) is 2.76. The van der Waals surface area contributed by atoms with Crippen LogP contribution in [0, 0.1) is 0 Å². The van der Waals surface area contributed by atoms with Crippen LogP contribution in [0.15, 0.2) is 65.3 Å². The van der Waals surface area contributed by atoms with Crippen molar-refractivity contribution < 1.29 is 9.53 Å². The number of hydrogen-bond donors (Lipinski definition) is 2. The number of carbonyl (C=O) groups is 1. The van der Waals surface area contributed by atoms with E-state index in [0.717, 1.165) is 21.2 Å². The fraction of sp³-hybridized carbons (Fsp3) is 0.0952. The number of fused-ring (bicyclic) bond motifs is 1. The molecule has 4 aromatic rings. The van der Waals surface area contributed by atoms with E-state index in [1.807, 2.05) is 49.4 Å². The summed E-state index contributed by atoms with van der Waals surface area (Å²) in [5, 5.41) is 3.25. The molecule has 0 saturated heterocycles. The first-order chi connectivity index (χ1) is 13.6. The van der Waals surface area contributed by atoms with E-state index in [4.69, 9.17) is 4.74 Å². The van der Waals surface area contributed by atoms with E-state index in [0.29, 0.717) is 29.6 Å². The van der Waals surface area contributed by atoms with Gasteiger partial charge in [-0.3, -0.25) is 9.78 Å². The number of ketones is 1. The molecule has 0 unspecified atom stereocenters. The molecule has 2 heterocycles. The number of hydrogen-bond acceptors (Lipinski definition) is 5. The first-order valence-corrected chi connectivity index (χ1v) is 9.59. The van der Waals surface area contributed by atoms with Crippen molar-refractivity contribution in [1.29, 1.82) is 0 Å². The summed E-state index contributed by atoms with van der Waals surface area (Å²) >= 11 is 3.46. The van der Waals surface area contributed by atoms with Gasteiger partial charge in [-0.2, -0.15) is 0 Å². The van der Waals surface area contributed by atoms with Crippen LogP contribution in [-0.2, 0) is 0 Å². The van der Waals surface area contributed by atoms with Gasteiger partial charge in [0, 0.05) is 34.9 Å². The van der Waals surface area contributed by atoms with Crippen molar-refractivity contribution in [2.24, 2.45) is 0 Å². The summed E-state index contributed by atoms with van der Waals surface area (Å²) in [7, 11) is 0. The summed E-state index contributed by atoms with van der Waals surface area (Å²) in [6, 6.07) is 16.8. The normalized spacial score (nSPS) is 10.8. The minimum absolute atomic E-state index is 0.0160. The van der Waals surface area contributed by atoms with Crippen LogP contribution in [0.4, 0.5) is 11.6 Å². The second-order valence-corrected chi connectivity index (χ2v) is 7.07. The molecule has 2 N–H and O–H groups in total. The smallest absolute Gasteiger partial charge is 0.205 e. The highest BCUT2D eigenvalue weighted by Gasteiger charge is 2.09. The number of anilines is 2. The van der Waals surface area contributed by atoms with Crippen molar-refractivity contribution in [2.75, 3.05) is 5.32 Å². The molecule has 0 amide bonds. The molecule has 4 rings (SSSR count). The van der Waals surface area contributed by atoms with Crippen LogP contribution in [0.1, 0.15) is 23.8 Å². The Morgan fingerprint density at radius 1 is 1.14 bits per heavy atom. The average Bonchev–Trinajstić information content (AvgIpc) is 3.09. The van der Waals surface area contributed by atoms with E-state index in [1.54, 1.807) is 18.3 Å². The SMILES string of the molecule is CCC(=O)c1cc(Oc2ccc3nc(Nc4cccc(Br)c4)[nH]c3c2)ccn1. The lowest BCUT2D eigenvalue weighted by Crippen LogP contribution is -2.00. The third-order valence-electron chi connectivity index (χ3n) is 4.11. The second kappa shape index (κ2) is 7.82. The summed E-state index contributed by atoms with van der Waals surface area (Å²) in [4.78, 5) is 23.7. The van der Waals surface area contributed by atoms with E-state index in [2.05, 4.69) is 36.2 Å². The molecule has 0 atom stereocenters.